The lowest BCUT2D eigenvalue weighted by molar-refractivity contribution is -0.116. The van der Waals surface area contributed by atoms with E-state index in [4.69, 9.17) is 0 Å². The first-order chi connectivity index (χ1) is 10.4. The largest absolute Gasteiger partial charge is 0.326 e. The summed E-state index contributed by atoms with van der Waals surface area (Å²) >= 11 is 1.83. The molecule has 1 aliphatic rings. The van der Waals surface area contributed by atoms with E-state index in [2.05, 4.69) is 15.4 Å². The van der Waals surface area contributed by atoms with Gasteiger partial charge >= 0.3 is 0 Å². The first-order valence-corrected chi connectivity index (χ1v) is 9.71. The number of thioether (sulfide) groups is 1. The Hall–Kier alpha value is -0.800. The van der Waals surface area contributed by atoms with E-state index < -0.39 is 10.0 Å². The maximum Gasteiger partial charge on any atom is 0.240 e. The molecule has 0 bridgehead atoms. The third-order valence-corrected chi connectivity index (χ3v) is 6.15. The molecule has 0 saturated carbocycles. The number of rotatable bonds is 5. The summed E-state index contributed by atoms with van der Waals surface area (Å²) in [4.78, 5) is 12.3. The van der Waals surface area contributed by atoms with Gasteiger partial charge in [-0.2, -0.15) is 11.8 Å². The summed E-state index contributed by atoms with van der Waals surface area (Å²) < 4.78 is 26.2. The molecule has 1 aromatic carbocycles. The summed E-state index contributed by atoms with van der Waals surface area (Å²) in [7, 11) is -2.16. The van der Waals surface area contributed by atoms with Crippen molar-refractivity contribution < 1.29 is 13.2 Å². The summed E-state index contributed by atoms with van der Waals surface area (Å²) in [6, 6.07) is 5.06. The molecule has 0 aromatic heterocycles. The zero-order valence-electron chi connectivity index (χ0n) is 13.1. The van der Waals surface area contributed by atoms with Crippen LogP contribution < -0.4 is 15.4 Å². The van der Waals surface area contributed by atoms with E-state index in [0.717, 1.165) is 18.1 Å². The molecule has 1 fully saturated rings. The fourth-order valence-electron chi connectivity index (χ4n) is 2.26. The van der Waals surface area contributed by atoms with E-state index in [9.17, 15) is 13.2 Å². The third kappa shape index (κ3) is 5.65. The second-order valence-corrected chi connectivity index (χ2v) is 8.17. The number of halogens is 1. The lowest BCUT2D eigenvalue weighted by atomic mass is 10.2. The number of amides is 1. The predicted molar refractivity (Wildman–Crippen MR) is 97.0 cm³/mol. The van der Waals surface area contributed by atoms with Gasteiger partial charge in [-0.15, -0.1) is 12.4 Å². The smallest absolute Gasteiger partial charge is 0.240 e. The van der Waals surface area contributed by atoms with Crippen LogP contribution in [0.15, 0.2) is 23.1 Å². The van der Waals surface area contributed by atoms with Crippen molar-refractivity contribution in [2.75, 3.05) is 30.4 Å². The van der Waals surface area contributed by atoms with E-state index in [1.807, 2.05) is 11.8 Å². The highest BCUT2D eigenvalue weighted by Gasteiger charge is 2.18. The topological polar surface area (TPSA) is 87.3 Å². The van der Waals surface area contributed by atoms with Crippen molar-refractivity contribution in [2.45, 2.75) is 24.3 Å². The predicted octanol–water partition coefficient (Wildman–Crippen LogP) is 1.36. The molecule has 1 saturated heterocycles. The van der Waals surface area contributed by atoms with Gasteiger partial charge in [0.15, 0.2) is 0 Å². The number of hydrogen-bond acceptors (Lipinski definition) is 5. The lowest BCUT2D eigenvalue weighted by Crippen LogP contribution is -2.39. The Kier molecular flexibility index (Phi) is 7.82. The molecular weight excluding hydrogens is 358 g/mol. The van der Waals surface area contributed by atoms with Crippen molar-refractivity contribution >= 4 is 45.8 Å². The zero-order valence-corrected chi connectivity index (χ0v) is 15.5. The molecule has 0 aliphatic carbocycles. The monoisotopic (exact) mass is 379 g/mol. The Morgan fingerprint density at radius 1 is 1.43 bits per heavy atom. The molecule has 2 rings (SSSR count). The fraction of sp³-hybridized carbons (Fsp3) is 0.500. The molecule has 1 aliphatic heterocycles. The van der Waals surface area contributed by atoms with Crippen LogP contribution >= 0.6 is 24.2 Å². The van der Waals surface area contributed by atoms with E-state index in [-0.39, 0.29) is 29.3 Å². The average Bonchev–Trinajstić information content (AvgIpc) is 2.50. The first-order valence-electron chi connectivity index (χ1n) is 7.07. The van der Waals surface area contributed by atoms with Gasteiger partial charge in [-0.05, 0) is 31.7 Å². The quantitative estimate of drug-likeness (QED) is 0.719. The first kappa shape index (κ1) is 20.2. The summed E-state index contributed by atoms with van der Waals surface area (Å²) in [6.45, 7) is 2.64. The lowest BCUT2D eigenvalue weighted by Gasteiger charge is -2.22. The van der Waals surface area contributed by atoms with Crippen LogP contribution in [0.3, 0.4) is 0 Å². The molecule has 23 heavy (non-hydrogen) atoms. The minimum Gasteiger partial charge on any atom is -0.326 e. The summed E-state index contributed by atoms with van der Waals surface area (Å²) in [5, 5.41) is 6.07. The minimum atomic E-state index is -3.53. The van der Waals surface area contributed by atoms with Crippen LogP contribution in [0.25, 0.3) is 0 Å². The molecular formula is C14H22ClN3O3S2. The van der Waals surface area contributed by atoms with Crippen LogP contribution in [-0.4, -0.2) is 45.5 Å². The molecule has 0 spiro atoms. The van der Waals surface area contributed by atoms with Crippen LogP contribution in [-0.2, 0) is 14.8 Å². The highest BCUT2D eigenvalue weighted by Crippen LogP contribution is 2.20. The van der Waals surface area contributed by atoms with Crippen LogP contribution in [0.2, 0.25) is 0 Å². The summed E-state index contributed by atoms with van der Waals surface area (Å²) in [5.41, 5.74) is 1.13. The Morgan fingerprint density at radius 3 is 2.78 bits per heavy atom. The van der Waals surface area contributed by atoms with Gasteiger partial charge in [0, 0.05) is 36.2 Å². The SMILES string of the molecule is CNS(=O)(=O)c1cc(NC(=O)CC2CSCCN2)ccc1C.Cl. The van der Waals surface area contributed by atoms with Crippen LogP contribution in [0.5, 0.6) is 0 Å². The maximum atomic E-state index is 12.1. The van der Waals surface area contributed by atoms with Crippen LogP contribution in [0, 0.1) is 6.92 Å². The average molecular weight is 380 g/mol. The standard InChI is InChI=1S/C14H21N3O3S2.ClH/c1-10-3-4-11(7-13(10)22(19,20)15-2)17-14(18)8-12-9-21-6-5-16-12;/h3-4,7,12,15-16H,5-6,8-9H2,1-2H3,(H,17,18);1H. The minimum absolute atomic E-state index is 0. The van der Waals surface area contributed by atoms with Crippen molar-refractivity contribution in [3.05, 3.63) is 23.8 Å². The van der Waals surface area contributed by atoms with E-state index in [1.165, 1.54) is 13.1 Å². The van der Waals surface area contributed by atoms with Crippen molar-refractivity contribution in [3.63, 3.8) is 0 Å². The number of hydrogen-bond donors (Lipinski definition) is 3. The van der Waals surface area contributed by atoms with E-state index in [1.54, 1.807) is 19.1 Å². The van der Waals surface area contributed by atoms with Crippen LogP contribution in [0.1, 0.15) is 12.0 Å². The van der Waals surface area contributed by atoms with Gasteiger partial charge in [0.2, 0.25) is 15.9 Å². The van der Waals surface area contributed by atoms with Gasteiger partial charge in [-0.25, -0.2) is 13.1 Å². The normalized spacial score (nSPS) is 18.1. The number of sulfonamides is 1. The van der Waals surface area contributed by atoms with Crippen molar-refractivity contribution in [1.82, 2.24) is 10.0 Å². The van der Waals surface area contributed by atoms with Gasteiger partial charge < -0.3 is 10.6 Å². The molecule has 9 heteroatoms. The maximum absolute atomic E-state index is 12.1. The van der Waals surface area contributed by atoms with Crippen molar-refractivity contribution in [1.29, 1.82) is 0 Å². The van der Waals surface area contributed by atoms with Gasteiger partial charge in [0.25, 0.3) is 0 Å². The molecule has 0 radical (unpaired) electrons. The number of nitrogens with one attached hydrogen (secondary N) is 3. The van der Waals surface area contributed by atoms with E-state index in [0.29, 0.717) is 17.7 Å². The Balaban J connectivity index is 0.00000264. The Labute approximate surface area is 147 Å². The molecule has 3 N–H and O–H groups in total. The third-order valence-electron chi connectivity index (χ3n) is 3.46. The van der Waals surface area contributed by atoms with E-state index >= 15 is 0 Å². The molecule has 1 atom stereocenters. The van der Waals surface area contributed by atoms with Crippen LogP contribution in [0.4, 0.5) is 5.69 Å². The highest BCUT2D eigenvalue weighted by molar-refractivity contribution is 7.99. The number of anilines is 1. The Morgan fingerprint density at radius 2 is 2.17 bits per heavy atom. The summed E-state index contributed by atoms with van der Waals surface area (Å²) in [6.07, 6.45) is 0.384. The molecule has 1 unspecified atom stereocenters. The summed E-state index contributed by atoms with van der Waals surface area (Å²) in [5.74, 6) is 1.87. The molecule has 1 amide bonds. The van der Waals surface area contributed by atoms with Gasteiger partial charge in [-0.3, -0.25) is 4.79 Å². The zero-order chi connectivity index (χ0) is 16.2. The van der Waals surface area contributed by atoms with Gasteiger partial charge in [0.05, 0.1) is 4.90 Å². The Bertz CT molecular complexity index is 647. The van der Waals surface area contributed by atoms with Crippen molar-refractivity contribution in [2.24, 2.45) is 0 Å². The second-order valence-electron chi connectivity index (χ2n) is 5.17. The number of carbonyl (C=O) groups is 1. The molecule has 6 nitrogen and oxygen atoms in total. The molecule has 1 heterocycles. The second kappa shape index (κ2) is 8.89. The number of aryl methyl sites for hydroxylation is 1. The highest BCUT2D eigenvalue weighted by atomic mass is 35.5. The number of carbonyl (C=O) groups excluding carboxylic acids is 1. The van der Waals surface area contributed by atoms with Gasteiger partial charge in [-0.1, -0.05) is 6.07 Å². The fourth-order valence-corrected chi connectivity index (χ4v) is 4.21. The number of benzene rings is 1. The molecule has 130 valence electrons. The van der Waals surface area contributed by atoms with Gasteiger partial charge in [0.1, 0.15) is 0 Å². The molecule has 1 aromatic rings. The van der Waals surface area contributed by atoms with Crippen molar-refractivity contribution in [3.8, 4) is 0 Å².